The van der Waals surface area contributed by atoms with E-state index in [2.05, 4.69) is 0 Å². The minimum absolute atomic E-state index is 0.169. The van der Waals surface area contributed by atoms with Crippen molar-refractivity contribution in [2.45, 2.75) is 31.5 Å². The number of carbonyl (C=O) groups excluding carboxylic acids is 1. The normalized spacial score (nSPS) is 31.3. The molecule has 1 heterocycles. The Morgan fingerprint density at radius 1 is 1.60 bits per heavy atom. The predicted octanol–water partition coefficient (Wildman–Crippen LogP) is -3.76. The molecule has 3 atom stereocenters. The molecule has 1 aliphatic rings. The summed E-state index contributed by atoms with van der Waals surface area (Å²) in [5.74, 6) is -1.68. The molecule has 0 aromatic rings. The van der Waals surface area contributed by atoms with Crippen LogP contribution in [0.2, 0.25) is 0 Å². The van der Waals surface area contributed by atoms with Gasteiger partial charge in [0.1, 0.15) is 23.9 Å². The van der Waals surface area contributed by atoms with Crippen LogP contribution in [0.15, 0.2) is 0 Å². The summed E-state index contributed by atoms with van der Waals surface area (Å²) in [5, 5.41) is 21.4. The first kappa shape index (κ1) is 12.4. The number of aliphatic carboxylic acids is 1. The second kappa shape index (κ2) is 4.46. The maximum absolute atomic E-state index is 11.1. The Morgan fingerprint density at radius 3 is 2.53 bits per heavy atom. The van der Waals surface area contributed by atoms with Gasteiger partial charge in [0.2, 0.25) is 0 Å². The van der Waals surface area contributed by atoms with Crippen molar-refractivity contribution in [3.63, 3.8) is 0 Å². The number of quaternary nitrogens is 1. The lowest BCUT2D eigenvalue weighted by Gasteiger charge is -2.20. The van der Waals surface area contributed by atoms with Crippen molar-refractivity contribution in [2.75, 3.05) is 11.5 Å². The lowest BCUT2D eigenvalue weighted by Crippen LogP contribution is -2.99. The molecule has 1 saturated heterocycles. The molecular formula is C8H15NO5S. The Morgan fingerprint density at radius 2 is 2.20 bits per heavy atom. The smallest absolute Gasteiger partial charge is 0.159 e. The predicted molar refractivity (Wildman–Crippen MR) is 49.5 cm³/mol. The lowest BCUT2D eigenvalue weighted by molar-refractivity contribution is -0.716. The van der Waals surface area contributed by atoms with E-state index in [4.69, 9.17) is 0 Å². The van der Waals surface area contributed by atoms with Crippen LogP contribution in [0, 0.1) is 0 Å². The van der Waals surface area contributed by atoms with Crippen LogP contribution in [0.4, 0.5) is 0 Å². The highest BCUT2D eigenvalue weighted by molar-refractivity contribution is 7.91. The molecule has 0 spiro atoms. The Kier molecular flexibility index (Phi) is 3.69. The highest BCUT2D eigenvalue weighted by atomic mass is 32.2. The molecule has 1 fully saturated rings. The number of carboxylic acids is 1. The monoisotopic (exact) mass is 237 g/mol. The molecule has 0 aliphatic carbocycles. The fourth-order valence-corrected chi connectivity index (χ4v) is 3.54. The lowest BCUT2D eigenvalue weighted by atomic mass is 10.1. The molecule has 0 amide bonds. The van der Waals surface area contributed by atoms with Gasteiger partial charge in [-0.3, -0.25) is 0 Å². The molecule has 88 valence electrons. The molecule has 1 aliphatic heterocycles. The zero-order valence-corrected chi connectivity index (χ0v) is 9.24. The van der Waals surface area contributed by atoms with Crippen LogP contribution in [0.3, 0.4) is 0 Å². The van der Waals surface area contributed by atoms with E-state index in [0.29, 0.717) is 6.42 Å². The van der Waals surface area contributed by atoms with Crippen molar-refractivity contribution in [3.05, 3.63) is 0 Å². The minimum Gasteiger partial charge on any atom is -0.544 e. The van der Waals surface area contributed by atoms with Gasteiger partial charge in [-0.15, -0.1) is 0 Å². The zero-order valence-electron chi connectivity index (χ0n) is 8.42. The van der Waals surface area contributed by atoms with E-state index in [9.17, 15) is 23.4 Å². The number of aliphatic hydroxyl groups is 1. The highest BCUT2D eigenvalue weighted by Crippen LogP contribution is 2.09. The van der Waals surface area contributed by atoms with Gasteiger partial charge in [0, 0.05) is 6.42 Å². The first-order valence-electron chi connectivity index (χ1n) is 4.80. The van der Waals surface area contributed by atoms with Crippen molar-refractivity contribution in [1.82, 2.24) is 0 Å². The fraction of sp³-hybridized carbons (Fsp3) is 0.875. The molecule has 1 rings (SSSR count). The van der Waals surface area contributed by atoms with Crippen LogP contribution in [-0.2, 0) is 14.6 Å². The number of sulfone groups is 1. The van der Waals surface area contributed by atoms with Gasteiger partial charge in [-0.1, -0.05) is 6.92 Å². The molecule has 0 bridgehead atoms. The summed E-state index contributed by atoms with van der Waals surface area (Å²) in [6.45, 7) is 1.67. The molecule has 3 N–H and O–H groups in total. The number of hydrogen-bond acceptors (Lipinski definition) is 5. The molecule has 0 aromatic carbocycles. The second-order valence-electron chi connectivity index (χ2n) is 3.83. The summed E-state index contributed by atoms with van der Waals surface area (Å²) >= 11 is 0. The molecular weight excluding hydrogens is 222 g/mol. The third-order valence-electron chi connectivity index (χ3n) is 2.59. The van der Waals surface area contributed by atoms with Gasteiger partial charge in [-0.05, 0) is 0 Å². The van der Waals surface area contributed by atoms with Crippen LogP contribution in [0.25, 0.3) is 0 Å². The largest absolute Gasteiger partial charge is 0.544 e. The summed E-state index contributed by atoms with van der Waals surface area (Å²) in [4.78, 5) is 10.6. The molecule has 0 saturated carbocycles. The molecule has 0 radical (unpaired) electrons. The van der Waals surface area contributed by atoms with Crippen LogP contribution >= 0.6 is 0 Å². The maximum atomic E-state index is 11.1. The number of hydrogen-bond donors (Lipinski definition) is 2. The van der Waals surface area contributed by atoms with Crippen LogP contribution in [-0.4, -0.2) is 49.2 Å². The summed E-state index contributed by atoms with van der Waals surface area (Å²) in [5.41, 5.74) is 0. The topological polar surface area (TPSA) is 111 Å². The summed E-state index contributed by atoms with van der Waals surface area (Å²) < 4.78 is 22.3. The van der Waals surface area contributed by atoms with Gasteiger partial charge in [-0.2, -0.15) is 0 Å². The Hall–Kier alpha value is -0.660. The third-order valence-corrected chi connectivity index (χ3v) is 4.33. The maximum Gasteiger partial charge on any atom is 0.159 e. The zero-order chi connectivity index (χ0) is 11.6. The summed E-state index contributed by atoms with van der Waals surface area (Å²) in [7, 11) is -3.22. The number of carboxylic acid groups (broad SMARTS) is 1. The number of carbonyl (C=O) groups is 1. The van der Waals surface area contributed by atoms with Gasteiger partial charge in [0.25, 0.3) is 0 Å². The number of aliphatic hydroxyl groups excluding tert-OH is 1. The van der Waals surface area contributed by atoms with Gasteiger partial charge < -0.3 is 20.3 Å². The van der Waals surface area contributed by atoms with Crippen LogP contribution in [0.5, 0.6) is 0 Å². The molecule has 0 unspecified atom stereocenters. The van der Waals surface area contributed by atoms with E-state index in [1.807, 2.05) is 0 Å². The minimum atomic E-state index is -3.22. The van der Waals surface area contributed by atoms with Crippen molar-refractivity contribution in [2.24, 2.45) is 0 Å². The van der Waals surface area contributed by atoms with E-state index < -0.39 is 34.0 Å². The summed E-state index contributed by atoms with van der Waals surface area (Å²) in [6.07, 6.45) is -0.644. The van der Waals surface area contributed by atoms with Crippen LogP contribution in [0.1, 0.15) is 13.3 Å². The van der Waals surface area contributed by atoms with Gasteiger partial charge in [0.15, 0.2) is 9.84 Å². The average molecular weight is 237 g/mol. The van der Waals surface area contributed by atoms with E-state index in [0.717, 1.165) is 0 Å². The van der Waals surface area contributed by atoms with E-state index in [-0.39, 0.29) is 11.5 Å². The van der Waals surface area contributed by atoms with Gasteiger partial charge >= 0.3 is 0 Å². The van der Waals surface area contributed by atoms with Gasteiger partial charge in [0.05, 0.1) is 11.7 Å². The number of rotatable bonds is 4. The third kappa shape index (κ3) is 3.15. The van der Waals surface area contributed by atoms with E-state index in [1.165, 1.54) is 5.32 Å². The van der Waals surface area contributed by atoms with E-state index >= 15 is 0 Å². The summed E-state index contributed by atoms with van der Waals surface area (Å²) in [6, 6.07) is -1.38. The molecule has 0 aromatic heterocycles. The second-order valence-corrected chi connectivity index (χ2v) is 5.99. The molecule has 6 nitrogen and oxygen atoms in total. The standard InChI is InChI=1S/C8H15NO5S/c1-2-5(8(11)12)9-6-3-15(13,14)4-7(6)10/h5-7,9-10H,2-4H2,1H3,(H,11,12)/t5-,6+,7-/m0/s1. The quantitative estimate of drug-likeness (QED) is 0.521. The Balaban J connectivity index is 2.63. The molecule has 7 heteroatoms. The SMILES string of the molecule is CC[C@H]([NH2+][C@@H]1CS(=O)(=O)C[C@@H]1O)C(=O)[O-]. The van der Waals surface area contributed by atoms with Crippen molar-refractivity contribution >= 4 is 15.8 Å². The molecule has 15 heavy (non-hydrogen) atoms. The highest BCUT2D eigenvalue weighted by Gasteiger charge is 2.40. The first-order chi connectivity index (χ1) is 6.85. The van der Waals surface area contributed by atoms with Crippen molar-refractivity contribution < 1.29 is 28.7 Å². The van der Waals surface area contributed by atoms with E-state index in [1.54, 1.807) is 6.92 Å². The van der Waals surface area contributed by atoms with Crippen molar-refractivity contribution in [3.8, 4) is 0 Å². The van der Waals surface area contributed by atoms with Crippen molar-refractivity contribution in [1.29, 1.82) is 0 Å². The van der Waals surface area contributed by atoms with Crippen LogP contribution < -0.4 is 10.4 Å². The number of nitrogens with two attached hydrogens (primary N) is 1. The Labute approximate surface area is 88.2 Å². The fourth-order valence-electron chi connectivity index (χ4n) is 1.72. The average Bonchev–Trinajstić information content (AvgIpc) is 2.34. The Bertz CT molecular complexity index is 339. The van der Waals surface area contributed by atoms with Gasteiger partial charge in [-0.25, -0.2) is 8.42 Å². The first-order valence-corrected chi connectivity index (χ1v) is 6.62.